The Bertz CT molecular complexity index is 528. The molecule has 5 nitrogen and oxygen atoms in total. The zero-order chi connectivity index (χ0) is 11.8. The van der Waals surface area contributed by atoms with Gasteiger partial charge >= 0.3 is 0 Å². The molecule has 0 aliphatic heterocycles. The summed E-state index contributed by atoms with van der Waals surface area (Å²) in [4.78, 5) is 9.63. The normalized spacial score (nSPS) is 11.4. The highest BCUT2D eigenvalue weighted by Gasteiger charge is 2.20. The van der Waals surface area contributed by atoms with Crippen LogP contribution in [0.15, 0.2) is 17.0 Å². The van der Waals surface area contributed by atoms with Crippen LogP contribution in [-0.4, -0.2) is 13.3 Å². The number of hydrogen-bond acceptors (Lipinski definition) is 4. The van der Waals surface area contributed by atoms with Crippen LogP contribution in [0.1, 0.15) is 5.56 Å². The standard InChI is InChI=1S/C7H5ClINO4S/c1-4-6(9)2-5(10(11)12)3-7(4)15(8,13)14/h2-3H,1H3. The second kappa shape index (κ2) is 4.22. The Labute approximate surface area is 104 Å². The van der Waals surface area contributed by atoms with Gasteiger partial charge in [-0.1, -0.05) is 0 Å². The molecule has 0 saturated heterocycles. The molecule has 1 aromatic rings. The summed E-state index contributed by atoms with van der Waals surface area (Å²) in [6.45, 7) is 1.54. The van der Waals surface area contributed by atoms with Gasteiger partial charge in [0, 0.05) is 26.4 Å². The monoisotopic (exact) mass is 361 g/mol. The van der Waals surface area contributed by atoms with E-state index in [-0.39, 0.29) is 10.6 Å². The van der Waals surface area contributed by atoms with Crippen molar-refractivity contribution in [3.05, 3.63) is 31.4 Å². The highest BCUT2D eigenvalue weighted by atomic mass is 127. The fourth-order valence-electron chi connectivity index (χ4n) is 0.999. The Kier molecular flexibility index (Phi) is 3.56. The van der Waals surface area contributed by atoms with Gasteiger partial charge in [0.1, 0.15) is 0 Å². The van der Waals surface area contributed by atoms with E-state index in [0.717, 1.165) is 6.07 Å². The van der Waals surface area contributed by atoms with E-state index in [1.807, 2.05) is 22.6 Å². The maximum Gasteiger partial charge on any atom is 0.271 e. The summed E-state index contributed by atoms with van der Waals surface area (Å²) < 4.78 is 22.7. The van der Waals surface area contributed by atoms with E-state index >= 15 is 0 Å². The Balaban J connectivity index is 3.59. The van der Waals surface area contributed by atoms with Crippen molar-refractivity contribution >= 4 is 48.0 Å². The number of rotatable bonds is 2. The van der Waals surface area contributed by atoms with Crippen LogP contribution >= 0.6 is 33.3 Å². The minimum atomic E-state index is -3.95. The number of non-ortho nitro benzene ring substituents is 1. The summed E-state index contributed by atoms with van der Waals surface area (Å²) in [5, 5.41) is 10.5. The molecular formula is C7H5ClINO4S. The maximum absolute atomic E-state index is 11.1. The van der Waals surface area contributed by atoms with Crippen molar-refractivity contribution in [3.8, 4) is 0 Å². The van der Waals surface area contributed by atoms with Crippen molar-refractivity contribution in [1.82, 2.24) is 0 Å². The number of nitro groups is 1. The molecule has 0 amide bonds. The SMILES string of the molecule is Cc1c(I)cc([N+](=O)[O-])cc1S(=O)(=O)Cl. The van der Waals surface area contributed by atoms with E-state index in [9.17, 15) is 18.5 Å². The molecule has 0 bridgehead atoms. The quantitative estimate of drug-likeness (QED) is 0.351. The van der Waals surface area contributed by atoms with Crippen molar-refractivity contribution in [2.24, 2.45) is 0 Å². The largest absolute Gasteiger partial charge is 0.271 e. The van der Waals surface area contributed by atoms with Crippen LogP contribution in [0.2, 0.25) is 0 Å². The minimum Gasteiger partial charge on any atom is -0.258 e. The van der Waals surface area contributed by atoms with Gasteiger partial charge in [-0.05, 0) is 35.1 Å². The van der Waals surface area contributed by atoms with Gasteiger partial charge in [-0.3, -0.25) is 10.1 Å². The lowest BCUT2D eigenvalue weighted by Crippen LogP contribution is -1.99. The lowest BCUT2D eigenvalue weighted by atomic mass is 10.2. The first-order valence-electron chi connectivity index (χ1n) is 3.62. The molecule has 0 unspecified atom stereocenters. The maximum atomic E-state index is 11.1. The van der Waals surface area contributed by atoms with E-state index in [0.29, 0.717) is 9.13 Å². The van der Waals surface area contributed by atoms with Gasteiger partial charge in [-0.2, -0.15) is 0 Å². The summed E-state index contributed by atoms with van der Waals surface area (Å²) >= 11 is 1.82. The number of nitro benzene ring substituents is 1. The van der Waals surface area contributed by atoms with Crippen molar-refractivity contribution in [3.63, 3.8) is 0 Å². The van der Waals surface area contributed by atoms with Crippen molar-refractivity contribution in [2.75, 3.05) is 0 Å². The molecule has 0 atom stereocenters. The second-order valence-corrected chi connectivity index (χ2v) is 6.44. The van der Waals surface area contributed by atoms with Gasteiger partial charge in [-0.15, -0.1) is 0 Å². The summed E-state index contributed by atoms with van der Waals surface area (Å²) in [5.41, 5.74) is 0.125. The predicted octanol–water partition coefficient (Wildman–Crippen LogP) is 2.44. The molecule has 0 aliphatic carbocycles. The minimum absolute atomic E-state index is 0.220. The third kappa shape index (κ3) is 2.79. The lowest BCUT2D eigenvalue weighted by Gasteiger charge is -2.04. The second-order valence-electron chi connectivity index (χ2n) is 2.75. The molecule has 1 rings (SSSR count). The molecule has 0 fully saturated rings. The summed E-state index contributed by atoms with van der Waals surface area (Å²) in [6, 6.07) is 2.25. The van der Waals surface area contributed by atoms with Crippen LogP contribution in [0, 0.1) is 20.6 Å². The lowest BCUT2D eigenvalue weighted by molar-refractivity contribution is -0.385. The Morgan fingerprint density at radius 2 is 2.00 bits per heavy atom. The molecule has 0 saturated carbocycles. The van der Waals surface area contributed by atoms with E-state index in [4.69, 9.17) is 10.7 Å². The average Bonchev–Trinajstić information content (AvgIpc) is 2.06. The fourth-order valence-corrected chi connectivity index (χ4v) is 3.01. The van der Waals surface area contributed by atoms with Gasteiger partial charge in [0.2, 0.25) is 0 Å². The zero-order valence-corrected chi connectivity index (χ0v) is 11.1. The van der Waals surface area contributed by atoms with Gasteiger partial charge < -0.3 is 0 Å². The van der Waals surface area contributed by atoms with Gasteiger partial charge in [0.05, 0.1) is 9.82 Å². The van der Waals surface area contributed by atoms with Crippen LogP contribution < -0.4 is 0 Å². The van der Waals surface area contributed by atoms with E-state index < -0.39 is 14.0 Å². The van der Waals surface area contributed by atoms with Gasteiger partial charge in [0.15, 0.2) is 0 Å². The number of benzene rings is 1. The van der Waals surface area contributed by atoms with E-state index in [2.05, 4.69) is 0 Å². The number of nitrogens with zero attached hydrogens (tertiary/aromatic N) is 1. The third-order valence-electron chi connectivity index (χ3n) is 1.75. The molecule has 0 spiro atoms. The molecule has 0 radical (unpaired) electrons. The Morgan fingerprint density at radius 1 is 1.47 bits per heavy atom. The van der Waals surface area contributed by atoms with E-state index in [1.165, 1.54) is 6.07 Å². The Hall–Kier alpha value is -0.410. The summed E-state index contributed by atoms with van der Waals surface area (Å²) in [6.07, 6.45) is 0. The van der Waals surface area contributed by atoms with Crippen molar-refractivity contribution in [2.45, 2.75) is 11.8 Å². The molecule has 15 heavy (non-hydrogen) atoms. The summed E-state index contributed by atoms with van der Waals surface area (Å²) in [7, 11) is 1.21. The van der Waals surface area contributed by atoms with Crippen molar-refractivity contribution in [1.29, 1.82) is 0 Å². The topological polar surface area (TPSA) is 77.3 Å². The average molecular weight is 362 g/mol. The first-order valence-corrected chi connectivity index (χ1v) is 7.01. The van der Waals surface area contributed by atoms with Crippen LogP contribution in [0.5, 0.6) is 0 Å². The molecule has 0 aromatic heterocycles. The highest BCUT2D eigenvalue weighted by Crippen LogP contribution is 2.28. The van der Waals surface area contributed by atoms with Crippen LogP contribution in [0.3, 0.4) is 0 Å². The third-order valence-corrected chi connectivity index (χ3v) is 4.32. The molecular weight excluding hydrogens is 357 g/mol. The van der Waals surface area contributed by atoms with E-state index in [1.54, 1.807) is 6.92 Å². The molecule has 0 N–H and O–H groups in total. The molecule has 0 heterocycles. The van der Waals surface area contributed by atoms with Crippen LogP contribution in [-0.2, 0) is 9.05 Å². The van der Waals surface area contributed by atoms with Gasteiger partial charge in [0.25, 0.3) is 14.7 Å². The number of hydrogen-bond donors (Lipinski definition) is 0. The fraction of sp³-hybridized carbons (Fsp3) is 0.143. The Morgan fingerprint density at radius 3 is 2.40 bits per heavy atom. The number of halogens is 2. The molecule has 82 valence electrons. The summed E-state index contributed by atoms with van der Waals surface area (Å²) in [5.74, 6) is 0. The van der Waals surface area contributed by atoms with Gasteiger partial charge in [-0.25, -0.2) is 8.42 Å². The smallest absolute Gasteiger partial charge is 0.258 e. The molecule has 0 aliphatic rings. The first-order chi connectivity index (χ1) is 6.73. The molecule has 1 aromatic carbocycles. The molecule has 8 heteroatoms. The first kappa shape index (κ1) is 12.7. The van der Waals surface area contributed by atoms with Crippen LogP contribution in [0.4, 0.5) is 5.69 Å². The zero-order valence-electron chi connectivity index (χ0n) is 7.40. The predicted molar refractivity (Wildman–Crippen MR) is 63.6 cm³/mol. The van der Waals surface area contributed by atoms with Crippen LogP contribution in [0.25, 0.3) is 0 Å². The van der Waals surface area contributed by atoms with Crippen molar-refractivity contribution < 1.29 is 13.3 Å². The highest BCUT2D eigenvalue weighted by molar-refractivity contribution is 14.1.